The third-order valence-corrected chi connectivity index (χ3v) is 6.89. The van der Waals surface area contributed by atoms with Crippen molar-refractivity contribution in [2.24, 2.45) is 0 Å². The number of phosphoric ester groups is 1. The van der Waals surface area contributed by atoms with Crippen LogP contribution in [0.1, 0.15) is 13.3 Å². The van der Waals surface area contributed by atoms with E-state index in [4.69, 9.17) is 43.7 Å². The second-order valence-corrected chi connectivity index (χ2v) is 11.3. The number of rotatable bonds is 7. The first-order valence-electron chi connectivity index (χ1n) is 5.46. The topological polar surface area (TPSA) is 258 Å². The number of phosphoric acid groups is 4. The molecule has 0 aliphatic carbocycles. The molecule has 0 rings (SSSR count). The van der Waals surface area contributed by atoms with Crippen molar-refractivity contribution in [2.75, 3.05) is 6.61 Å². The molecule has 0 heterocycles. The summed E-state index contributed by atoms with van der Waals surface area (Å²) in [5.41, 5.74) is 0.709. The van der Waals surface area contributed by atoms with Crippen molar-refractivity contribution >= 4 is 48.1 Å². The molecule has 20 heteroatoms. The molecule has 1 unspecified atom stereocenters. The molecule has 154 valence electrons. The zero-order valence-electron chi connectivity index (χ0n) is 12.8. The second-order valence-electron chi connectivity index (χ2n) is 3.77. The maximum atomic E-state index is 10.8. The Balaban J connectivity index is -0.000000362. The van der Waals surface area contributed by atoms with E-state index in [1.807, 2.05) is 0 Å². The fourth-order valence-electron chi connectivity index (χ4n) is 0.493. The van der Waals surface area contributed by atoms with Crippen molar-refractivity contribution in [3.05, 3.63) is 12.2 Å². The minimum atomic E-state index is -5.01. The molecule has 25 heavy (non-hydrogen) atoms. The van der Waals surface area contributed by atoms with E-state index < -0.39 is 31.3 Å². The first kappa shape index (κ1) is 30.5. The SMILES string of the molecule is C=C(C)CCOP(=O)(O)OP(=O)(O)O.O=P(O)(O)O.O=P(O)(O)[O][GeH3]. The first-order chi connectivity index (χ1) is 10.7. The van der Waals surface area contributed by atoms with Gasteiger partial charge in [0, 0.05) is 0 Å². The van der Waals surface area contributed by atoms with Crippen LogP contribution < -0.4 is 0 Å². The van der Waals surface area contributed by atoms with Gasteiger partial charge in [0.05, 0.1) is 6.61 Å². The normalized spacial score (nSPS) is 14.4. The van der Waals surface area contributed by atoms with Gasteiger partial charge in [-0.2, -0.15) is 4.31 Å². The summed E-state index contributed by atoms with van der Waals surface area (Å²) < 4.78 is 51.0. The molecule has 0 aromatic heterocycles. The van der Waals surface area contributed by atoms with Gasteiger partial charge in [-0.05, 0) is 13.3 Å². The Hall–Kier alpha value is 0.763. The van der Waals surface area contributed by atoms with Crippen LogP contribution in [0.15, 0.2) is 12.2 Å². The van der Waals surface area contributed by atoms with E-state index in [0.717, 1.165) is 0 Å². The Morgan fingerprint density at radius 3 is 1.44 bits per heavy atom. The molecule has 0 radical (unpaired) electrons. The standard InChI is InChI=1S/C5H12O7P2.GeH5O4P.H3O4P/c1-5(2)3-4-11-14(9,10)12-13(6,7)8;1-5-6(2,3)4;1-5(2,3)4/h1,3-4H2,2H3,(H,9,10)(H2,6,7,8);1H3,(H2,2,3,4);(H3,1,2,3,4). The Morgan fingerprint density at radius 2 is 1.24 bits per heavy atom. The fourth-order valence-corrected chi connectivity index (χ4v) is 2.08. The minimum absolute atomic E-state index is 0.191. The first-order valence-corrected chi connectivity index (χ1v) is 13.3. The summed E-state index contributed by atoms with van der Waals surface area (Å²) in [4.78, 5) is 62.3. The molecule has 0 aliphatic rings. The zero-order chi connectivity index (χ0) is 21.1. The van der Waals surface area contributed by atoms with Gasteiger partial charge in [-0.15, -0.1) is 6.58 Å². The Kier molecular flexibility index (Phi) is 15.9. The molecule has 0 spiro atoms. The van der Waals surface area contributed by atoms with Crippen molar-refractivity contribution in [3.63, 3.8) is 0 Å². The summed E-state index contributed by atoms with van der Waals surface area (Å²) in [6.07, 6.45) is 0.301. The van der Waals surface area contributed by atoms with Gasteiger partial charge < -0.3 is 29.4 Å². The van der Waals surface area contributed by atoms with Crippen LogP contribution >= 0.6 is 31.3 Å². The van der Waals surface area contributed by atoms with E-state index in [0.29, 0.717) is 12.0 Å². The molecule has 15 nitrogen and oxygen atoms in total. The van der Waals surface area contributed by atoms with Gasteiger partial charge in [0.25, 0.3) is 0 Å². The van der Waals surface area contributed by atoms with Crippen LogP contribution in [0.25, 0.3) is 0 Å². The van der Waals surface area contributed by atoms with Crippen LogP contribution in [0, 0.1) is 0 Å². The van der Waals surface area contributed by atoms with Crippen molar-refractivity contribution in [1.82, 2.24) is 0 Å². The molecule has 0 aromatic rings. The molecule has 1 atom stereocenters. The fraction of sp³-hybridized carbons (Fsp3) is 0.600. The van der Waals surface area contributed by atoms with Crippen LogP contribution in [0.4, 0.5) is 0 Å². The van der Waals surface area contributed by atoms with E-state index in [1.165, 1.54) is 0 Å². The number of hydrogen-bond donors (Lipinski definition) is 8. The van der Waals surface area contributed by atoms with Crippen molar-refractivity contribution < 1.29 is 69.8 Å². The van der Waals surface area contributed by atoms with Crippen LogP contribution in [-0.4, -0.2) is 62.6 Å². The van der Waals surface area contributed by atoms with E-state index in [-0.39, 0.29) is 23.5 Å². The predicted molar refractivity (Wildman–Crippen MR) is 85.7 cm³/mol. The van der Waals surface area contributed by atoms with E-state index in [1.54, 1.807) is 6.92 Å². The molecule has 0 aliphatic heterocycles. The molecular weight excluding hydrogens is 497 g/mol. The van der Waals surface area contributed by atoms with Gasteiger partial charge in [0.15, 0.2) is 0 Å². The van der Waals surface area contributed by atoms with Gasteiger partial charge in [-0.1, -0.05) is 5.57 Å². The van der Waals surface area contributed by atoms with Gasteiger partial charge in [0.1, 0.15) is 0 Å². The summed E-state index contributed by atoms with van der Waals surface area (Å²) in [6, 6.07) is 0. The van der Waals surface area contributed by atoms with E-state index in [2.05, 4.69) is 19.0 Å². The average Bonchev–Trinajstić information content (AvgIpc) is 2.21. The Labute approximate surface area is 150 Å². The summed E-state index contributed by atoms with van der Waals surface area (Å²) in [7, 11) is -18.4. The monoisotopic (exact) mass is 518 g/mol. The third-order valence-electron chi connectivity index (χ3n) is 1.23. The molecule has 0 amide bonds. The summed E-state index contributed by atoms with van der Waals surface area (Å²) in [5, 5.41) is 0. The summed E-state index contributed by atoms with van der Waals surface area (Å²) in [6.45, 7) is 4.99. The summed E-state index contributed by atoms with van der Waals surface area (Å²) in [5.74, 6) is 0. The third kappa shape index (κ3) is 45.7. The van der Waals surface area contributed by atoms with Gasteiger partial charge in [-0.3, -0.25) is 4.52 Å². The molecule has 8 N–H and O–H groups in total. The summed E-state index contributed by atoms with van der Waals surface area (Å²) >= 11 is -0.216. The predicted octanol–water partition coefficient (Wildman–Crippen LogP) is -1.37. The van der Waals surface area contributed by atoms with Gasteiger partial charge in [0.2, 0.25) is 0 Å². The van der Waals surface area contributed by atoms with Crippen LogP contribution in [-0.2, 0) is 30.6 Å². The molecule has 0 saturated heterocycles. The zero-order valence-corrected chi connectivity index (χ0v) is 20.6. The van der Waals surface area contributed by atoms with E-state index >= 15 is 0 Å². The molecule has 0 fully saturated rings. The Bertz CT molecular complexity index is 562. The van der Waals surface area contributed by atoms with Gasteiger partial charge in [-0.25, -0.2) is 13.7 Å². The molecular formula is C5H20GeO15P4. The van der Waals surface area contributed by atoms with Crippen molar-refractivity contribution in [2.45, 2.75) is 13.3 Å². The molecule has 0 bridgehead atoms. The quantitative estimate of drug-likeness (QED) is 0.110. The number of hydrogen-bond acceptors (Lipinski definition) is 7. The Morgan fingerprint density at radius 1 is 0.920 bits per heavy atom. The van der Waals surface area contributed by atoms with Crippen LogP contribution in [0.5, 0.6) is 0 Å². The van der Waals surface area contributed by atoms with Crippen LogP contribution in [0.2, 0.25) is 0 Å². The molecule has 0 saturated carbocycles. The second kappa shape index (κ2) is 13.0. The van der Waals surface area contributed by atoms with Crippen molar-refractivity contribution in [3.8, 4) is 0 Å². The maximum absolute atomic E-state index is 10.8. The molecule has 0 aromatic carbocycles. The van der Waals surface area contributed by atoms with Gasteiger partial charge >= 0.3 is 66.0 Å². The average molecular weight is 517 g/mol. The van der Waals surface area contributed by atoms with E-state index in [9.17, 15) is 13.7 Å². The van der Waals surface area contributed by atoms with Crippen molar-refractivity contribution in [1.29, 1.82) is 0 Å². The van der Waals surface area contributed by atoms with Crippen LogP contribution in [0.3, 0.4) is 0 Å².